The first kappa shape index (κ1) is 21.8. The summed E-state index contributed by atoms with van der Waals surface area (Å²) in [5.41, 5.74) is 1.11. The van der Waals surface area contributed by atoms with Crippen LogP contribution in [0.3, 0.4) is 0 Å². The third kappa shape index (κ3) is 5.58. The van der Waals surface area contributed by atoms with Crippen LogP contribution in [0.5, 0.6) is 0 Å². The van der Waals surface area contributed by atoms with E-state index in [1.54, 1.807) is 43.1 Å². The van der Waals surface area contributed by atoms with Crippen molar-refractivity contribution in [2.24, 2.45) is 11.8 Å². The number of likely N-dealkylation sites (N-methyl/N-ethyl adjacent to an activating group) is 1. The van der Waals surface area contributed by atoms with Crippen molar-refractivity contribution in [2.75, 3.05) is 38.6 Å². The van der Waals surface area contributed by atoms with Crippen molar-refractivity contribution in [3.63, 3.8) is 0 Å². The first-order valence-electron chi connectivity index (χ1n) is 10.5. The highest BCUT2D eigenvalue weighted by molar-refractivity contribution is 5.98. The molecule has 1 aliphatic carbocycles. The van der Waals surface area contributed by atoms with Crippen LogP contribution in [0.4, 0.5) is 5.69 Å². The molecule has 1 aliphatic heterocycles. The largest absolute Gasteiger partial charge is 0.466 e. The molecule has 0 aromatic heterocycles. The molecule has 1 heterocycles. The van der Waals surface area contributed by atoms with E-state index in [1.807, 2.05) is 0 Å². The van der Waals surface area contributed by atoms with Gasteiger partial charge in [-0.05, 0) is 56.9 Å². The van der Waals surface area contributed by atoms with Crippen molar-refractivity contribution >= 4 is 29.4 Å². The van der Waals surface area contributed by atoms with Crippen LogP contribution in [0.15, 0.2) is 24.3 Å². The molecule has 1 saturated heterocycles. The standard InChI is InChI=1S/C22H29N3O5/c1-3-30-22(29)17-10-12-25(13-11-17)19(26)14-24(2)21(28)16-6-8-18(9-7-16)23-20(27)15-4-5-15/h6-9,15,17H,3-5,10-14H2,1-2H3,(H,23,27). The lowest BCUT2D eigenvalue weighted by Crippen LogP contribution is -2.45. The summed E-state index contributed by atoms with van der Waals surface area (Å²) in [7, 11) is 1.59. The Morgan fingerprint density at radius 2 is 1.67 bits per heavy atom. The van der Waals surface area contributed by atoms with E-state index in [9.17, 15) is 19.2 Å². The highest BCUT2D eigenvalue weighted by Crippen LogP contribution is 2.30. The fourth-order valence-corrected chi connectivity index (χ4v) is 3.51. The number of benzene rings is 1. The maximum atomic E-state index is 12.6. The number of esters is 1. The molecule has 2 fully saturated rings. The number of carbonyl (C=O) groups is 4. The van der Waals surface area contributed by atoms with Gasteiger partial charge in [0.1, 0.15) is 0 Å². The van der Waals surface area contributed by atoms with Gasteiger partial charge in [-0.15, -0.1) is 0 Å². The number of likely N-dealkylation sites (tertiary alicyclic amines) is 1. The van der Waals surface area contributed by atoms with Gasteiger partial charge in [-0.25, -0.2) is 0 Å². The quantitative estimate of drug-likeness (QED) is 0.687. The second-order valence-corrected chi connectivity index (χ2v) is 7.91. The Morgan fingerprint density at radius 1 is 1.03 bits per heavy atom. The number of nitrogens with one attached hydrogen (secondary N) is 1. The van der Waals surface area contributed by atoms with E-state index < -0.39 is 0 Å². The minimum atomic E-state index is -0.259. The highest BCUT2D eigenvalue weighted by Gasteiger charge is 2.30. The van der Waals surface area contributed by atoms with Gasteiger partial charge in [0.25, 0.3) is 5.91 Å². The monoisotopic (exact) mass is 415 g/mol. The van der Waals surface area contributed by atoms with Crippen molar-refractivity contribution in [3.8, 4) is 0 Å². The molecule has 0 spiro atoms. The molecule has 3 rings (SSSR count). The molecular formula is C22H29N3O5. The minimum absolute atomic E-state index is 0.0171. The molecule has 1 aromatic rings. The van der Waals surface area contributed by atoms with Crippen LogP contribution in [-0.4, -0.2) is 66.8 Å². The smallest absolute Gasteiger partial charge is 0.309 e. The molecule has 8 nitrogen and oxygen atoms in total. The second-order valence-electron chi connectivity index (χ2n) is 7.91. The molecule has 0 bridgehead atoms. The predicted octanol–water partition coefficient (Wildman–Crippen LogP) is 1.91. The molecular weight excluding hydrogens is 386 g/mol. The van der Waals surface area contributed by atoms with E-state index in [1.165, 1.54) is 4.90 Å². The van der Waals surface area contributed by atoms with Crippen LogP contribution in [0.25, 0.3) is 0 Å². The number of hydrogen-bond donors (Lipinski definition) is 1. The van der Waals surface area contributed by atoms with Crippen LogP contribution in [0.1, 0.15) is 43.0 Å². The second kappa shape index (κ2) is 9.73. The van der Waals surface area contributed by atoms with E-state index in [4.69, 9.17) is 4.74 Å². The zero-order valence-corrected chi connectivity index (χ0v) is 17.6. The van der Waals surface area contributed by atoms with Crippen LogP contribution >= 0.6 is 0 Å². The van der Waals surface area contributed by atoms with Crippen molar-refractivity contribution < 1.29 is 23.9 Å². The fourth-order valence-electron chi connectivity index (χ4n) is 3.51. The average Bonchev–Trinajstić information content (AvgIpc) is 3.59. The van der Waals surface area contributed by atoms with Gasteiger partial charge < -0.3 is 19.9 Å². The maximum absolute atomic E-state index is 12.6. The molecule has 3 amide bonds. The van der Waals surface area contributed by atoms with Gasteiger partial charge in [0.05, 0.1) is 19.1 Å². The number of amides is 3. The number of nitrogens with zero attached hydrogens (tertiary/aromatic N) is 2. The predicted molar refractivity (Wildman–Crippen MR) is 111 cm³/mol. The Balaban J connectivity index is 1.47. The average molecular weight is 415 g/mol. The molecule has 1 aromatic carbocycles. The fraction of sp³-hybridized carbons (Fsp3) is 0.545. The Hall–Kier alpha value is -2.90. The molecule has 30 heavy (non-hydrogen) atoms. The topological polar surface area (TPSA) is 96.0 Å². The Labute approximate surface area is 176 Å². The number of hydrogen-bond acceptors (Lipinski definition) is 5. The lowest BCUT2D eigenvalue weighted by atomic mass is 9.97. The highest BCUT2D eigenvalue weighted by atomic mass is 16.5. The van der Waals surface area contributed by atoms with Gasteiger partial charge in [0.2, 0.25) is 11.8 Å². The van der Waals surface area contributed by atoms with E-state index in [2.05, 4.69) is 5.32 Å². The molecule has 162 valence electrons. The zero-order chi connectivity index (χ0) is 21.7. The van der Waals surface area contributed by atoms with Crippen molar-refractivity contribution in [2.45, 2.75) is 32.6 Å². The molecule has 1 saturated carbocycles. The first-order chi connectivity index (χ1) is 14.4. The lowest BCUT2D eigenvalue weighted by Gasteiger charge is -2.32. The van der Waals surface area contributed by atoms with Gasteiger partial charge >= 0.3 is 5.97 Å². The van der Waals surface area contributed by atoms with Crippen molar-refractivity contribution in [1.29, 1.82) is 0 Å². The summed E-state index contributed by atoms with van der Waals surface area (Å²) in [5.74, 6) is -0.624. The Bertz CT molecular complexity index is 795. The van der Waals surface area contributed by atoms with Crippen LogP contribution < -0.4 is 5.32 Å². The zero-order valence-electron chi connectivity index (χ0n) is 17.6. The summed E-state index contributed by atoms with van der Waals surface area (Å²) in [4.78, 5) is 51.9. The molecule has 1 N–H and O–H groups in total. The van der Waals surface area contributed by atoms with E-state index in [0.717, 1.165) is 12.8 Å². The van der Waals surface area contributed by atoms with Gasteiger partial charge in [-0.3, -0.25) is 19.2 Å². The number of carbonyl (C=O) groups excluding carboxylic acids is 4. The van der Waals surface area contributed by atoms with Crippen LogP contribution in [0, 0.1) is 11.8 Å². The van der Waals surface area contributed by atoms with E-state index in [-0.39, 0.29) is 42.1 Å². The summed E-state index contributed by atoms with van der Waals surface area (Å²) < 4.78 is 5.05. The number of piperidine rings is 1. The van der Waals surface area contributed by atoms with Crippen LogP contribution in [-0.2, 0) is 19.1 Å². The summed E-state index contributed by atoms with van der Waals surface area (Å²) in [6.45, 7) is 3.09. The Morgan fingerprint density at radius 3 is 2.23 bits per heavy atom. The number of anilines is 1. The molecule has 0 radical (unpaired) electrons. The minimum Gasteiger partial charge on any atom is -0.466 e. The van der Waals surface area contributed by atoms with Gasteiger partial charge in [-0.2, -0.15) is 0 Å². The molecule has 0 unspecified atom stereocenters. The molecule has 2 aliphatic rings. The lowest BCUT2D eigenvalue weighted by molar-refractivity contribution is -0.151. The van der Waals surface area contributed by atoms with Crippen molar-refractivity contribution in [3.05, 3.63) is 29.8 Å². The van der Waals surface area contributed by atoms with Crippen molar-refractivity contribution in [1.82, 2.24) is 9.80 Å². The maximum Gasteiger partial charge on any atom is 0.309 e. The van der Waals surface area contributed by atoms with Gasteiger partial charge in [0.15, 0.2) is 0 Å². The normalized spacial score (nSPS) is 16.7. The first-order valence-corrected chi connectivity index (χ1v) is 10.5. The SMILES string of the molecule is CCOC(=O)C1CCN(C(=O)CN(C)C(=O)c2ccc(NC(=O)C3CC3)cc2)CC1. The summed E-state index contributed by atoms with van der Waals surface area (Å²) in [6, 6.07) is 6.69. The summed E-state index contributed by atoms with van der Waals surface area (Å²) >= 11 is 0. The molecule has 0 atom stereocenters. The number of rotatable bonds is 7. The van der Waals surface area contributed by atoms with E-state index >= 15 is 0 Å². The third-order valence-corrected chi connectivity index (χ3v) is 5.53. The third-order valence-electron chi connectivity index (χ3n) is 5.53. The van der Waals surface area contributed by atoms with Gasteiger partial charge in [-0.1, -0.05) is 0 Å². The summed E-state index contributed by atoms with van der Waals surface area (Å²) in [5, 5.41) is 2.84. The molecule has 8 heteroatoms. The summed E-state index contributed by atoms with van der Waals surface area (Å²) in [6.07, 6.45) is 3.02. The van der Waals surface area contributed by atoms with E-state index in [0.29, 0.717) is 43.8 Å². The van der Waals surface area contributed by atoms with Crippen LogP contribution in [0.2, 0.25) is 0 Å². The Kier molecular flexibility index (Phi) is 7.07. The van der Waals surface area contributed by atoms with Gasteiger partial charge in [0, 0.05) is 37.3 Å². The number of ether oxygens (including phenoxy) is 1.